The van der Waals surface area contributed by atoms with E-state index in [0.29, 0.717) is 22.7 Å². The van der Waals surface area contributed by atoms with Gasteiger partial charge in [-0.3, -0.25) is 9.36 Å². The zero-order valence-corrected chi connectivity index (χ0v) is 13.0. The lowest BCUT2D eigenvalue weighted by atomic mass is 10.1. The second kappa shape index (κ2) is 5.29. The van der Waals surface area contributed by atoms with Crippen LogP contribution in [0.3, 0.4) is 0 Å². The van der Waals surface area contributed by atoms with Crippen molar-refractivity contribution in [2.75, 3.05) is 5.73 Å². The van der Waals surface area contributed by atoms with Crippen molar-refractivity contribution in [1.82, 2.24) is 14.5 Å². The topological polar surface area (TPSA) is 73.8 Å². The number of aromatic nitrogens is 3. The number of benzene rings is 1. The van der Waals surface area contributed by atoms with E-state index in [9.17, 15) is 4.79 Å². The first-order chi connectivity index (χ1) is 10.1. The van der Waals surface area contributed by atoms with Crippen LogP contribution in [0.2, 0.25) is 0 Å². The number of pyridine rings is 1. The average Bonchev–Trinajstić information content (AvgIpc) is 2.48. The van der Waals surface area contributed by atoms with Crippen LogP contribution in [-0.2, 0) is 6.54 Å². The molecule has 0 amide bonds. The van der Waals surface area contributed by atoms with Crippen molar-refractivity contribution in [2.45, 2.75) is 13.5 Å². The zero-order valence-electron chi connectivity index (χ0n) is 11.4. The Morgan fingerprint density at radius 3 is 2.90 bits per heavy atom. The average molecular weight is 345 g/mol. The van der Waals surface area contributed by atoms with Crippen LogP contribution in [0.1, 0.15) is 11.4 Å². The summed E-state index contributed by atoms with van der Waals surface area (Å²) in [6, 6.07) is 9.71. The van der Waals surface area contributed by atoms with Crippen molar-refractivity contribution in [3.05, 3.63) is 62.7 Å². The Bertz CT molecular complexity index is 888. The summed E-state index contributed by atoms with van der Waals surface area (Å²) in [5.74, 6) is 1.07. The van der Waals surface area contributed by atoms with E-state index in [-0.39, 0.29) is 5.56 Å². The molecule has 0 spiro atoms. The normalized spacial score (nSPS) is 11.0. The number of nitrogens with two attached hydrogens (primary N) is 1. The minimum absolute atomic E-state index is 0.130. The molecule has 0 aliphatic rings. The molecular formula is C15H13BrN4O. The third-order valence-corrected chi connectivity index (χ3v) is 3.91. The summed E-state index contributed by atoms with van der Waals surface area (Å²) >= 11 is 3.21. The van der Waals surface area contributed by atoms with E-state index in [1.165, 1.54) is 6.20 Å². The van der Waals surface area contributed by atoms with Crippen LogP contribution in [-0.4, -0.2) is 14.5 Å². The molecule has 2 N–H and O–H groups in total. The number of rotatable bonds is 2. The summed E-state index contributed by atoms with van der Waals surface area (Å²) in [5, 5.41) is 0.996. The van der Waals surface area contributed by atoms with E-state index in [1.54, 1.807) is 11.5 Å². The van der Waals surface area contributed by atoms with Gasteiger partial charge in [0, 0.05) is 17.1 Å². The molecular weight excluding hydrogens is 332 g/mol. The van der Waals surface area contributed by atoms with Gasteiger partial charge in [0.05, 0.1) is 12.1 Å². The zero-order chi connectivity index (χ0) is 15.0. The van der Waals surface area contributed by atoms with Crippen LogP contribution in [0.4, 0.5) is 5.82 Å². The number of halogens is 1. The molecule has 3 aromatic rings. The molecule has 0 saturated carbocycles. The molecule has 0 aliphatic heterocycles. The Morgan fingerprint density at radius 2 is 2.10 bits per heavy atom. The summed E-state index contributed by atoms with van der Waals surface area (Å²) in [4.78, 5) is 20.7. The van der Waals surface area contributed by atoms with Gasteiger partial charge in [0.2, 0.25) is 0 Å². The van der Waals surface area contributed by atoms with Gasteiger partial charge < -0.3 is 5.73 Å². The maximum absolute atomic E-state index is 12.2. The summed E-state index contributed by atoms with van der Waals surface area (Å²) in [5.41, 5.74) is 7.53. The molecule has 106 valence electrons. The number of para-hydroxylation sites is 1. The molecule has 0 aliphatic carbocycles. The van der Waals surface area contributed by atoms with E-state index in [2.05, 4.69) is 25.9 Å². The number of anilines is 1. The fraction of sp³-hybridized carbons (Fsp3) is 0.133. The Morgan fingerprint density at radius 1 is 1.33 bits per heavy atom. The van der Waals surface area contributed by atoms with Gasteiger partial charge in [-0.25, -0.2) is 9.97 Å². The van der Waals surface area contributed by atoms with Gasteiger partial charge in [0.1, 0.15) is 16.1 Å². The van der Waals surface area contributed by atoms with Crippen molar-refractivity contribution in [1.29, 1.82) is 0 Å². The number of aryl methyl sites for hydroxylation is 1. The Labute approximate surface area is 129 Å². The molecule has 5 nitrogen and oxygen atoms in total. The molecule has 1 aromatic carbocycles. The monoisotopic (exact) mass is 344 g/mol. The maximum Gasteiger partial charge on any atom is 0.268 e. The van der Waals surface area contributed by atoms with Crippen LogP contribution < -0.4 is 11.3 Å². The van der Waals surface area contributed by atoms with E-state index in [1.807, 2.05) is 30.3 Å². The first-order valence-electron chi connectivity index (χ1n) is 6.42. The van der Waals surface area contributed by atoms with E-state index in [0.717, 1.165) is 16.5 Å². The number of nitrogens with zero attached hydrogens (tertiary/aromatic N) is 3. The molecule has 0 unspecified atom stereocenters. The van der Waals surface area contributed by atoms with E-state index >= 15 is 0 Å². The minimum Gasteiger partial charge on any atom is -0.383 e. The highest BCUT2D eigenvalue weighted by molar-refractivity contribution is 9.10. The number of hydrogen-bond donors (Lipinski definition) is 1. The van der Waals surface area contributed by atoms with E-state index < -0.39 is 0 Å². The SMILES string of the molecule is Cc1ncc(Br)c(=O)n1Cc1cc2ccccc2nc1N. The number of hydrogen-bond acceptors (Lipinski definition) is 4. The summed E-state index contributed by atoms with van der Waals surface area (Å²) < 4.78 is 2.01. The Hall–Kier alpha value is -2.21. The Kier molecular flexibility index (Phi) is 3.47. The van der Waals surface area contributed by atoms with Crippen LogP contribution >= 0.6 is 15.9 Å². The largest absolute Gasteiger partial charge is 0.383 e. The second-order valence-electron chi connectivity index (χ2n) is 4.77. The first-order valence-corrected chi connectivity index (χ1v) is 7.21. The lowest BCUT2D eigenvalue weighted by Gasteiger charge is -2.12. The molecule has 0 saturated heterocycles. The summed E-state index contributed by atoms with van der Waals surface area (Å²) in [7, 11) is 0. The van der Waals surface area contributed by atoms with Gasteiger partial charge in [0.15, 0.2) is 0 Å². The van der Waals surface area contributed by atoms with Crippen molar-refractivity contribution in [2.24, 2.45) is 0 Å². The van der Waals surface area contributed by atoms with Gasteiger partial charge >= 0.3 is 0 Å². The van der Waals surface area contributed by atoms with Crippen molar-refractivity contribution < 1.29 is 0 Å². The molecule has 21 heavy (non-hydrogen) atoms. The van der Waals surface area contributed by atoms with E-state index in [4.69, 9.17) is 5.73 Å². The van der Waals surface area contributed by atoms with Crippen LogP contribution in [0.25, 0.3) is 10.9 Å². The standard InChI is InChI=1S/C15H13BrN4O/c1-9-18-7-12(16)15(21)20(9)8-11-6-10-4-2-3-5-13(10)19-14(11)17/h2-7H,8H2,1H3,(H2,17,19). The highest BCUT2D eigenvalue weighted by Crippen LogP contribution is 2.19. The van der Waals surface area contributed by atoms with Crippen LogP contribution in [0.5, 0.6) is 0 Å². The van der Waals surface area contributed by atoms with Crippen molar-refractivity contribution in [3.63, 3.8) is 0 Å². The van der Waals surface area contributed by atoms with Gasteiger partial charge in [0.25, 0.3) is 5.56 Å². The lowest BCUT2D eigenvalue weighted by molar-refractivity contribution is 0.696. The highest BCUT2D eigenvalue weighted by Gasteiger charge is 2.10. The summed E-state index contributed by atoms with van der Waals surface area (Å²) in [6.45, 7) is 2.14. The predicted molar refractivity (Wildman–Crippen MR) is 86.2 cm³/mol. The maximum atomic E-state index is 12.2. The molecule has 3 rings (SSSR count). The third-order valence-electron chi connectivity index (χ3n) is 3.37. The fourth-order valence-corrected chi connectivity index (χ4v) is 2.53. The van der Waals surface area contributed by atoms with Crippen molar-refractivity contribution in [3.8, 4) is 0 Å². The first kappa shape index (κ1) is 13.8. The van der Waals surface area contributed by atoms with Crippen molar-refractivity contribution >= 4 is 32.7 Å². The minimum atomic E-state index is -0.130. The smallest absolute Gasteiger partial charge is 0.268 e. The second-order valence-corrected chi connectivity index (χ2v) is 5.62. The number of fused-ring (bicyclic) bond motifs is 1. The predicted octanol–water partition coefficient (Wildman–Crippen LogP) is 2.49. The van der Waals surface area contributed by atoms with Gasteiger partial charge in [-0.15, -0.1) is 0 Å². The lowest BCUT2D eigenvalue weighted by Crippen LogP contribution is -2.25. The summed E-state index contributed by atoms with van der Waals surface area (Å²) in [6.07, 6.45) is 1.51. The molecule has 6 heteroatoms. The molecule has 0 atom stereocenters. The molecule has 0 fully saturated rings. The van der Waals surface area contributed by atoms with Gasteiger partial charge in [-0.05, 0) is 35.0 Å². The highest BCUT2D eigenvalue weighted by atomic mass is 79.9. The fourth-order valence-electron chi connectivity index (χ4n) is 2.21. The van der Waals surface area contributed by atoms with Crippen LogP contribution in [0.15, 0.2) is 45.8 Å². The Balaban J connectivity index is 2.12. The van der Waals surface area contributed by atoms with Gasteiger partial charge in [-0.1, -0.05) is 18.2 Å². The molecule has 0 bridgehead atoms. The number of nitrogen functional groups attached to an aromatic ring is 1. The quantitative estimate of drug-likeness (QED) is 0.774. The third kappa shape index (κ3) is 2.54. The molecule has 0 radical (unpaired) electrons. The molecule has 2 aromatic heterocycles. The van der Waals surface area contributed by atoms with Gasteiger partial charge in [-0.2, -0.15) is 0 Å². The molecule has 2 heterocycles. The van der Waals surface area contributed by atoms with Crippen LogP contribution in [0, 0.1) is 6.92 Å².